The molecule has 1 atom stereocenters. The normalized spacial score (nSPS) is 14.9. The Balaban J connectivity index is 2.45. The maximum absolute atomic E-state index is 12.0. The summed E-state index contributed by atoms with van der Waals surface area (Å²) in [6.45, 7) is 3.55. The van der Waals surface area contributed by atoms with Gasteiger partial charge >= 0.3 is 0 Å². The van der Waals surface area contributed by atoms with Crippen LogP contribution in [0.15, 0.2) is 28.7 Å². The monoisotopic (exact) mass is 218 g/mol. The Labute approximate surface area is 93.5 Å². The smallest absolute Gasteiger partial charge is 0.266 e. The predicted octanol–water partition coefficient (Wildman–Crippen LogP) is 2.14. The van der Waals surface area contributed by atoms with Gasteiger partial charge in [0.15, 0.2) is 5.58 Å². The van der Waals surface area contributed by atoms with E-state index in [0.29, 0.717) is 17.5 Å². The first-order chi connectivity index (χ1) is 7.54. The highest BCUT2D eigenvalue weighted by Gasteiger charge is 2.31. The molecule has 2 aromatic rings. The molecule has 1 aromatic carbocycles. The number of nitrogens with two attached hydrogens (primary N) is 1. The van der Waals surface area contributed by atoms with E-state index in [1.54, 1.807) is 19.1 Å². The second-order valence-electron chi connectivity index (χ2n) is 4.09. The number of oxazole rings is 1. The van der Waals surface area contributed by atoms with E-state index in [1.165, 1.54) is 0 Å². The van der Waals surface area contributed by atoms with Crippen LogP contribution in [0.25, 0.3) is 11.1 Å². The van der Waals surface area contributed by atoms with Gasteiger partial charge in [-0.05, 0) is 25.5 Å². The summed E-state index contributed by atoms with van der Waals surface area (Å²) in [6, 6.07) is 7.26. The highest BCUT2D eigenvalue weighted by atomic mass is 16.4. The lowest BCUT2D eigenvalue weighted by Crippen LogP contribution is -2.44. The number of carbonyl (C=O) groups is 1. The number of rotatable bonds is 3. The van der Waals surface area contributed by atoms with E-state index in [2.05, 4.69) is 4.98 Å². The molecule has 0 saturated heterocycles. The molecule has 0 fully saturated rings. The van der Waals surface area contributed by atoms with Crippen LogP contribution >= 0.6 is 0 Å². The first-order valence-corrected chi connectivity index (χ1v) is 5.24. The van der Waals surface area contributed by atoms with Crippen LogP contribution in [0, 0.1) is 0 Å². The third-order valence-electron chi connectivity index (χ3n) is 2.74. The van der Waals surface area contributed by atoms with Crippen LogP contribution in [-0.2, 0) is 0 Å². The Morgan fingerprint density at radius 2 is 2.19 bits per heavy atom. The van der Waals surface area contributed by atoms with Gasteiger partial charge in [-0.2, -0.15) is 0 Å². The Morgan fingerprint density at radius 1 is 1.50 bits per heavy atom. The van der Waals surface area contributed by atoms with Crippen molar-refractivity contribution in [1.82, 2.24) is 4.98 Å². The Morgan fingerprint density at radius 3 is 2.81 bits per heavy atom. The average Bonchev–Trinajstić information content (AvgIpc) is 2.71. The van der Waals surface area contributed by atoms with E-state index in [-0.39, 0.29) is 11.7 Å². The first kappa shape index (κ1) is 10.8. The Kier molecular flexibility index (Phi) is 2.52. The number of carbonyl (C=O) groups excluding carboxylic acids is 1. The molecule has 4 nitrogen and oxygen atoms in total. The van der Waals surface area contributed by atoms with Crippen LogP contribution < -0.4 is 5.73 Å². The standard InChI is InChI=1S/C12H14N2O2/c1-3-12(2,13)10(15)11-14-8-6-4-5-7-9(8)16-11/h4-7H,3,13H2,1-2H3. The summed E-state index contributed by atoms with van der Waals surface area (Å²) >= 11 is 0. The number of ketones is 1. The van der Waals surface area contributed by atoms with Gasteiger partial charge in [-0.15, -0.1) is 0 Å². The van der Waals surface area contributed by atoms with Crippen LogP contribution in [0.2, 0.25) is 0 Å². The fourth-order valence-corrected chi connectivity index (χ4v) is 1.37. The molecule has 16 heavy (non-hydrogen) atoms. The van der Waals surface area contributed by atoms with Crippen LogP contribution in [0.4, 0.5) is 0 Å². The van der Waals surface area contributed by atoms with Crippen LogP contribution in [-0.4, -0.2) is 16.3 Å². The second kappa shape index (κ2) is 3.72. The molecule has 0 saturated carbocycles. The molecule has 0 aliphatic rings. The number of hydrogen-bond acceptors (Lipinski definition) is 4. The number of fused-ring (bicyclic) bond motifs is 1. The minimum Gasteiger partial charge on any atom is -0.434 e. The molecule has 0 bridgehead atoms. The van der Waals surface area contributed by atoms with Crippen molar-refractivity contribution >= 4 is 16.9 Å². The zero-order valence-corrected chi connectivity index (χ0v) is 9.36. The molecule has 4 heteroatoms. The van der Waals surface area contributed by atoms with Gasteiger partial charge < -0.3 is 10.2 Å². The van der Waals surface area contributed by atoms with Crippen molar-refractivity contribution in [3.63, 3.8) is 0 Å². The van der Waals surface area contributed by atoms with Crippen molar-refractivity contribution in [3.8, 4) is 0 Å². The summed E-state index contributed by atoms with van der Waals surface area (Å²) in [6.07, 6.45) is 0.546. The third kappa shape index (κ3) is 1.72. The number of Topliss-reactive ketones (excluding diaryl/α,β-unsaturated/α-hetero) is 1. The van der Waals surface area contributed by atoms with E-state index >= 15 is 0 Å². The molecule has 0 aliphatic heterocycles. The van der Waals surface area contributed by atoms with Crippen molar-refractivity contribution in [3.05, 3.63) is 30.2 Å². The quantitative estimate of drug-likeness (QED) is 0.801. The number of nitrogens with zero attached hydrogens (tertiary/aromatic N) is 1. The van der Waals surface area contributed by atoms with E-state index < -0.39 is 5.54 Å². The molecule has 2 N–H and O–H groups in total. The highest BCUT2D eigenvalue weighted by molar-refractivity contribution is 6.00. The van der Waals surface area contributed by atoms with Crippen LogP contribution in [0.3, 0.4) is 0 Å². The maximum atomic E-state index is 12.0. The molecule has 1 heterocycles. The molecule has 0 amide bonds. The van der Waals surface area contributed by atoms with Crippen molar-refractivity contribution < 1.29 is 9.21 Å². The summed E-state index contributed by atoms with van der Waals surface area (Å²) in [4.78, 5) is 16.1. The summed E-state index contributed by atoms with van der Waals surface area (Å²) in [7, 11) is 0. The summed E-state index contributed by atoms with van der Waals surface area (Å²) in [5, 5.41) is 0. The molecule has 84 valence electrons. The van der Waals surface area contributed by atoms with Crippen molar-refractivity contribution in [2.24, 2.45) is 5.73 Å². The highest BCUT2D eigenvalue weighted by Crippen LogP contribution is 2.19. The van der Waals surface area contributed by atoms with E-state index in [9.17, 15) is 4.79 Å². The molecular weight excluding hydrogens is 204 g/mol. The summed E-state index contributed by atoms with van der Waals surface area (Å²) < 4.78 is 5.38. The molecule has 0 aliphatic carbocycles. The fourth-order valence-electron chi connectivity index (χ4n) is 1.37. The van der Waals surface area contributed by atoms with Gasteiger partial charge in [0.25, 0.3) is 5.89 Å². The van der Waals surface area contributed by atoms with Gasteiger partial charge in [0, 0.05) is 0 Å². The zero-order chi connectivity index (χ0) is 11.8. The lowest BCUT2D eigenvalue weighted by molar-refractivity contribution is 0.0864. The third-order valence-corrected chi connectivity index (χ3v) is 2.74. The molecule has 1 aromatic heterocycles. The molecular formula is C12H14N2O2. The number of para-hydroxylation sites is 2. The van der Waals surface area contributed by atoms with Gasteiger partial charge in [0.1, 0.15) is 5.52 Å². The van der Waals surface area contributed by atoms with Gasteiger partial charge in [0.2, 0.25) is 5.78 Å². The van der Waals surface area contributed by atoms with Crippen LogP contribution in [0.1, 0.15) is 31.0 Å². The SMILES string of the molecule is CCC(C)(N)C(=O)c1nc2ccccc2o1. The first-order valence-electron chi connectivity index (χ1n) is 5.24. The number of benzene rings is 1. The second-order valence-corrected chi connectivity index (χ2v) is 4.09. The topological polar surface area (TPSA) is 69.1 Å². The summed E-state index contributed by atoms with van der Waals surface area (Å²) in [5.41, 5.74) is 6.24. The largest absolute Gasteiger partial charge is 0.434 e. The molecule has 2 rings (SSSR count). The summed E-state index contributed by atoms with van der Waals surface area (Å²) in [5.74, 6) is -0.167. The van der Waals surface area contributed by atoms with Crippen molar-refractivity contribution in [1.29, 1.82) is 0 Å². The Hall–Kier alpha value is -1.68. The van der Waals surface area contributed by atoms with Crippen molar-refractivity contribution in [2.45, 2.75) is 25.8 Å². The zero-order valence-electron chi connectivity index (χ0n) is 9.36. The maximum Gasteiger partial charge on any atom is 0.266 e. The van der Waals surface area contributed by atoms with E-state index in [4.69, 9.17) is 10.2 Å². The minimum absolute atomic E-state index is 0.0908. The average molecular weight is 218 g/mol. The molecule has 0 radical (unpaired) electrons. The lowest BCUT2D eigenvalue weighted by Gasteiger charge is -2.18. The minimum atomic E-state index is -0.916. The lowest BCUT2D eigenvalue weighted by atomic mass is 9.95. The van der Waals surface area contributed by atoms with Gasteiger partial charge in [-0.1, -0.05) is 19.1 Å². The van der Waals surface area contributed by atoms with Gasteiger partial charge in [-0.25, -0.2) is 4.98 Å². The van der Waals surface area contributed by atoms with E-state index in [1.807, 2.05) is 19.1 Å². The molecule has 0 spiro atoms. The fraction of sp³-hybridized carbons (Fsp3) is 0.333. The predicted molar refractivity (Wildman–Crippen MR) is 61.2 cm³/mol. The van der Waals surface area contributed by atoms with Crippen LogP contribution in [0.5, 0.6) is 0 Å². The van der Waals surface area contributed by atoms with Gasteiger partial charge in [0.05, 0.1) is 5.54 Å². The molecule has 1 unspecified atom stereocenters. The number of aromatic nitrogens is 1. The van der Waals surface area contributed by atoms with Gasteiger partial charge in [-0.3, -0.25) is 4.79 Å². The number of hydrogen-bond donors (Lipinski definition) is 1. The van der Waals surface area contributed by atoms with Crippen molar-refractivity contribution in [2.75, 3.05) is 0 Å². The Bertz CT molecular complexity index is 496. The van der Waals surface area contributed by atoms with E-state index in [0.717, 1.165) is 0 Å².